The van der Waals surface area contributed by atoms with E-state index in [-0.39, 0.29) is 27.9 Å². The van der Waals surface area contributed by atoms with E-state index in [1.54, 1.807) is 56.3 Å². The quantitative estimate of drug-likeness (QED) is 0.0790. The first kappa shape index (κ1) is 31.6. The zero-order valence-electron chi connectivity index (χ0n) is 25.0. The lowest BCUT2D eigenvalue weighted by Gasteiger charge is -2.24. The second-order valence-corrected chi connectivity index (χ2v) is 10.7. The highest BCUT2D eigenvalue weighted by atomic mass is 32.1. The first-order chi connectivity index (χ1) is 20.7. The summed E-state index contributed by atoms with van der Waals surface area (Å²) in [6, 6.07) is 10.6. The van der Waals surface area contributed by atoms with E-state index in [2.05, 4.69) is 11.9 Å². The molecule has 3 aromatic rings. The highest BCUT2D eigenvalue weighted by Gasteiger charge is 2.48. The van der Waals surface area contributed by atoms with Gasteiger partial charge >= 0.3 is 11.9 Å². The number of esters is 1. The molecule has 0 spiro atoms. The molecule has 2 aromatic carbocycles. The summed E-state index contributed by atoms with van der Waals surface area (Å²) in [5.41, 5.74) is 1.05. The number of nitrogens with zero attached hydrogens (tertiary/aromatic N) is 2. The van der Waals surface area contributed by atoms with Crippen LogP contribution in [0.2, 0.25) is 0 Å². The van der Waals surface area contributed by atoms with Crippen molar-refractivity contribution in [1.82, 2.24) is 4.98 Å². The number of aryl methyl sites for hydroxylation is 1. The average Bonchev–Trinajstić information content (AvgIpc) is 3.52. The van der Waals surface area contributed by atoms with Gasteiger partial charge in [0, 0.05) is 5.56 Å². The van der Waals surface area contributed by atoms with Crippen molar-refractivity contribution in [3.8, 4) is 17.2 Å². The van der Waals surface area contributed by atoms with Crippen LogP contribution in [0.5, 0.6) is 17.2 Å². The minimum atomic E-state index is -1.07. The molecular weight excluding hydrogens is 572 g/mol. The molecule has 0 saturated carbocycles. The number of ketones is 1. The molecule has 10 nitrogen and oxygen atoms in total. The molecule has 1 saturated heterocycles. The van der Waals surface area contributed by atoms with E-state index in [0.29, 0.717) is 47.3 Å². The number of methoxy groups -OCH3 is 1. The maximum absolute atomic E-state index is 13.6. The number of unbranched alkanes of at least 4 members (excludes halogenated alkanes) is 2. The van der Waals surface area contributed by atoms with Gasteiger partial charge in [0.05, 0.1) is 44.2 Å². The normalized spacial score (nSPS) is 15.9. The van der Waals surface area contributed by atoms with Crippen molar-refractivity contribution in [2.75, 3.05) is 31.8 Å². The van der Waals surface area contributed by atoms with Gasteiger partial charge in [-0.15, -0.1) is 0 Å². The van der Waals surface area contributed by atoms with E-state index < -0.39 is 23.7 Å². The number of hydrogen-bond acceptors (Lipinski definition) is 10. The Morgan fingerprint density at radius 2 is 1.74 bits per heavy atom. The molecule has 2 heterocycles. The number of ether oxygens (including phenoxy) is 4. The molecule has 1 atom stereocenters. The van der Waals surface area contributed by atoms with Crippen molar-refractivity contribution in [2.24, 2.45) is 0 Å². The minimum absolute atomic E-state index is 0.124. The molecule has 228 valence electrons. The standard InChI is InChI=1S/C32H36N2O8S/c1-6-9-10-17-42-23-16-13-21(18-24(23)40-7-2)26-25(27(35)20-11-14-22(39-5)15-12-20)28(36)30(37)34(26)32-33-19(4)29(43-32)31(38)41-8-3/h11-16,18,26,35H,6-10,17H2,1-5H3. The molecule has 1 aromatic heterocycles. The molecule has 1 N–H and O–H groups in total. The Morgan fingerprint density at radius 1 is 1.00 bits per heavy atom. The largest absolute Gasteiger partial charge is 0.507 e. The highest BCUT2D eigenvalue weighted by molar-refractivity contribution is 7.17. The second-order valence-electron chi connectivity index (χ2n) is 9.72. The maximum Gasteiger partial charge on any atom is 0.350 e. The molecule has 1 aliphatic rings. The Kier molecular flexibility index (Phi) is 10.4. The van der Waals surface area contributed by atoms with Gasteiger partial charge < -0.3 is 24.1 Å². The fourth-order valence-electron chi connectivity index (χ4n) is 4.74. The third-order valence-corrected chi connectivity index (χ3v) is 7.99. The zero-order valence-corrected chi connectivity index (χ0v) is 25.8. The van der Waals surface area contributed by atoms with Crippen LogP contribution in [0, 0.1) is 6.92 Å². The fourth-order valence-corrected chi connectivity index (χ4v) is 5.72. The first-order valence-corrected chi connectivity index (χ1v) is 15.1. The molecular formula is C32H36N2O8S. The Hall–Kier alpha value is -4.38. The minimum Gasteiger partial charge on any atom is -0.507 e. The summed E-state index contributed by atoms with van der Waals surface area (Å²) in [6.45, 7) is 8.33. The van der Waals surface area contributed by atoms with E-state index >= 15 is 0 Å². The Bertz CT molecular complexity index is 1510. The van der Waals surface area contributed by atoms with Crippen molar-refractivity contribution in [3.05, 3.63) is 69.7 Å². The lowest BCUT2D eigenvalue weighted by molar-refractivity contribution is -0.132. The number of aliphatic hydroxyl groups is 1. The van der Waals surface area contributed by atoms with Crippen LogP contribution in [0.15, 0.2) is 48.0 Å². The smallest absolute Gasteiger partial charge is 0.350 e. The molecule has 1 aliphatic heterocycles. The van der Waals surface area contributed by atoms with Gasteiger partial charge in [0.2, 0.25) is 0 Å². The Morgan fingerprint density at radius 3 is 2.40 bits per heavy atom. The number of carbonyl (C=O) groups is 3. The van der Waals surface area contributed by atoms with Crippen LogP contribution in [-0.2, 0) is 14.3 Å². The second kappa shape index (κ2) is 14.2. The number of Topliss-reactive ketones (excluding diaryl/α,β-unsaturated/α-hetero) is 1. The van der Waals surface area contributed by atoms with Gasteiger partial charge in [-0.3, -0.25) is 14.5 Å². The van der Waals surface area contributed by atoms with E-state index in [0.717, 1.165) is 30.6 Å². The van der Waals surface area contributed by atoms with Crippen molar-refractivity contribution in [1.29, 1.82) is 0 Å². The lowest BCUT2D eigenvalue weighted by Crippen LogP contribution is -2.29. The summed E-state index contributed by atoms with van der Waals surface area (Å²) in [4.78, 5) is 45.7. The van der Waals surface area contributed by atoms with Crippen LogP contribution in [0.1, 0.15) is 72.6 Å². The topological polar surface area (TPSA) is 124 Å². The van der Waals surface area contributed by atoms with Gasteiger partial charge in [-0.2, -0.15) is 0 Å². The third-order valence-electron chi connectivity index (χ3n) is 6.85. The summed E-state index contributed by atoms with van der Waals surface area (Å²) >= 11 is 0.947. The number of aromatic nitrogens is 1. The SMILES string of the molecule is CCCCCOc1ccc(C2C(=C(O)c3ccc(OC)cc3)C(=O)C(=O)N2c2nc(C)c(C(=O)OCC)s2)cc1OCC. The number of carbonyl (C=O) groups excluding carboxylic acids is 3. The van der Waals surface area contributed by atoms with Crippen LogP contribution in [-0.4, -0.2) is 54.7 Å². The first-order valence-electron chi connectivity index (χ1n) is 14.2. The van der Waals surface area contributed by atoms with Crippen LogP contribution in [0.3, 0.4) is 0 Å². The summed E-state index contributed by atoms with van der Waals surface area (Å²) in [6.07, 6.45) is 2.97. The van der Waals surface area contributed by atoms with Gasteiger partial charge in [0.25, 0.3) is 5.78 Å². The van der Waals surface area contributed by atoms with Crippen LogP contribution < -0.4 is 19.1 Å². The number of benzene rings is 2. The summed E-state index contributed by atoms with van der Waals surface area (Å²) in [7, 11) is 1.52. The van der Waals surface area contributed by atoms with Gasteiger partial charge in [-0.05, 0) is 69.2 Å². The number of thiazole rings is 1. The zero-order chi connectivity index (χ0) is 31.1. The van der Waals surface area contributed by atoms with Crippen molar-refractivity contribution >= 4 is 39.9 Å². The summed E-state index contributed by atoms with van der Waals surface area (Å²) in [5.74, 6) is -1.17. The molecule has 11 heteroatoms. The molecule has 0 aliphatic carbocycles. The van der Waals surface area contributed by atoms with Crippen molar-refractivity contribution < 1.29 is 38.4 Å². The van der Waals surface area contributed by atoms with Crippen LogP contribution in [0.25, 0.3) is 5.76 Å². The van der Waals surface area contributed by atoms with Crippen LogP contribution >= 0.6 is 11.3 Å². The fraction of sp³-hybridized carbons (Fsp3) is 0.375. The number of amides is 1. The number of anilines is 1. The van der Waals surface area contributed by atoms with Gasteiger partial charge in [-0.1, -0.05) is 37.2 Å². The summed E-state index contributed by atoms with van der Waals surface area (Å²) < 4.78 is 22.3. The molecule has 4 rings (SSSR count). The Labute approximate surface area is 254 Å². The molecule has 1 fully saturated rings. The number of rotatable bonds is 13. The molecule has 43 heavy (non-hydrogen) atoms. The van der Waals surface area contributed by atoms with Crippen LogP contribution in [0.4, 0.5) is 5.13 Å². The van der Waals surface area contributed by atoms with E-state index in [4.69, 9.17) is 18.9 Å². The number of aliphatic hydroxyl groups excluding tert-OH is 1. The number of hydrogen-bond donors (Lipinski definition) is 1. The monoisotopic (exact) mass is 608 g/mol. The van der Waals surface area contributed by atoms with Gasteiger partial charge in [-0.25, -0.2) is 9.78 Å². The third kappa shape index (κ3) is 6.67. The summed E-state index contributed by atoms with van der Waals surface area (Å²) in [5, 5.41) is 11.6. The molecule has 0 bridgehead atoms. The maximum atomic E-state index is 13.6. The molecule has 1 unspecified atom stereocenters. The lowest BCUT2D eigenvalue weighted by atomic mass is 9.95. The van der Waals surface area contributed by atoms with Crippen molar-refractivity contribution in [3.63, 3.8) is 0 Å². The van der Waals surface area contributed by atoms with Crippen molar-refractivity contribution in [2.45, 2.75) is 53.0 Å². The molecule has 0 radical (unpaired) electrons. The predicted octanol–water partition coefficient (Wildman–Crippen LogP) is 6.23. The Balaban J connectivity index is 1.87. The highest BCUT2D eigenvalue weighted by Crippen LogP contribution is 2.45. The van der Waals surface area contributed by atoms with E-state index in [9.17, 15) is 19.5 Å². The van der Waals surface area contributed by atoms with E-state index in [1.807, 2.05) is 6.92 Å². The predicted molar refractivity (Wildman–Crippen MR) is 163 cm³/mol. The van der Waals surface area contributed by atoms with Gasteiger partial charge in [0.15, 0.2) is 16.6 Å². The average molecular weight is 609 g/mol. The molecule has 1 amide bonds. The van der Waals surface area contributed by atoms with E-state index in [1.165, 1.54) is 12.0 Å². The van der Waals surface area contributed by atoms with Gasteiger partial charge in [0.1, 0.15) is 16.4 Å².